The summed E-state index contributed by atoms with van der Waals surface area (Å²) in [6.45, 7) is 6.16. The van der Waals surface area contributed by atoms with Crippen LogP contribution in [0.25, 0.3) is 0 Å². The molecule has 0 saturated heterocycles. The van der Waals surface area contributed by atoms with Crippen LogP contribution in [0.3, 0.4) is 0 Å². The van der Waals surface area contributed by atoms with Crippen molar-refractivity contribution in [3.63, 3.8) is 0 Å². The first-order valence-corrected chi connectivity index (χ1v) is 7.95. The van der Waals surface area contributed by atoms with Gasteiger partial charge in [-0.3, -0.25) is 4.79 Å². The Hall–Kier alpha value is -1.80. The first-order chi connectivity index (χ1) is 10.5. The molecule has 0 aliphatic rings. The molecule has 2 aromatic rings. The summed E-state index contributed by atoms with van der Waals surface area (Å²) in [5.41, 5.74) is 4.59. The summed E-state index contributed by atoms with van der Waals surface area (Å²) in [7, 11) is 0. The highest BCUT2D eigenvalue weighted by Gasteiger charge is 2.12. The normalized spacial score (nSPS) is 12.0. The number of benzene rings is 2. The van der Waals surface area contributed by atoms with Crippen molar-refractivity contribution in [1.29, 1.82) is 0 Å². The fourth-order valence-corrected chi connectivity index (χ4v) is 2.80. The van der Waals surface area contributed by atoms with E-state index in [-0.39, 0.29) is 11.9 Å². The number of amides is 1. The van der Waals surface area contributed by atoms with Crippen LogP contribution < -0.4 is 5.32 Å². The second-order valence-electron chi connectivity index (χ2n) is 5.74. The molecule has 0 radical (unpaired) electrons. The number of halogens is 1. The second-order valence-corrected chi connectivity index (χ2v) is 6.15. The summed E-state index contributed by atoms with van der Waals surface area (Å²) >= 11 is 6.12. The van der Waals surface area contributed by atoms with Crippen LogP contribution in [0, 0.1) is 13.8 Å². The lowest BCUT2D eigenvalue weighted by molar-refractivity contribution is -0.121. The Labute approximate surface area is 137 Å². The molecule has 116 valence electrons. The number of nitrogens with one attached hydrogen (secondary N) is 1. The van der Waals surface area contributed by atoms with Gasteiger partial charge in [-0.1, -0.05) is 53.6 Å². The molecule has 1 amide bonds. The van der Waals surface area contributed by atoms with E-state index >= 15 is 0 Å². The van der Waals surface area contributed by atoms with E-state index < -0.39 is 0 Å². The molecular formula is C19H22ClNO. The van der Waals surface area contributed by atoms with Gasteiger partial charge < -0.3 is 5.32 Å². The Balaban J connectivity index is 1.94. The van der Waals surface area contributed by atoms with Gasteiger partial charge in [0.25, 0.3) is 0 Å². The van der Waals surface area contributed by atoms with Gasteiger partial charge in [-0.25, -0.2) is 0 Å². The topological polar surface area (TPSA) is 29.1 Å². The number of hydrogen-bond donors (Lipinski definition) is 1. The van der Waals surface area contributed by atoms with Crippen molar-refractivity contribution in [2.45, 2.75) is 39.7 Å². The van der Waals surface area contributed by atoms with Gasteiger partial charge in [0.1, 0.15) is 0 Å². The van der Waals surface area contributed by atoms with Crippen LogP contribution in [-0.4, -0.2) is 5.91 Å². The largest absolute Gasteiger partial charge is 0.350 e. The van der Waals surface area contributed by atoms with Crippen LogP contribution >= 0.6 is 11.6 Å². The number of aryl methyl sites for hydroxylation is 3. The van der Waals surface area contributed by atoms with Gasteiger partial charge >= 0.3 is 0 Å². The van der Waals surface area contributed by atoms with E-state index in [0.29, 0.717) is 12.8 Å². The zero-order valence-electron chi connectivity index (χ0n) is 13.3. The molecule has 0 spiro atoms. The molecule has 0 fully saturated rings. The van der Waals surface area contributed by atoms with Crippen molar-refractivity contribution in [1.82, 2.24) is 5.32 Å². The van der Waals surface area contributed by atoms with E-state index in [1.807, 2.05) is 31.2 Å². The van der Waals surface area contributed by atoms with Crippen LogP contribution in [0.1, 0.15) is 41.6 Å². The van der Waals surface area contributed by atoms with Crippen molar-refractivity contribution in [2.75, 3.05) is 0 Å². The summed E-state index contributed by atoms with van der Waals surface area (Å²) in [6.07, 6.45) is 1.10. The second kappa shape index (κ2) is 7.46. The Morgan fingerprint density at radius 2 is 1.91 bits per heavy atom. The van der Waals surface area contributed by atoms with Crippen LogP contribution in [-0.2, 0) is 11.2 Å². The molecule has 2 nitrogen and oxygen atoms in total. The predicted octanol–water partition coefficient (Wildman–Crippen LogP) is 4.77. The Morgan fingerprint density at radius 3 is 2.64 bits per heavy atom. The molecule has 3 heteroatoms. The van der Waals surface area contributed by atoms with Crippen LogP contribution in [0.2, 0.25) is 5.02 Å². The zero-order chi connectivity index (χ0) is 16.1. The van der Waals surface area contributed by atoms with Gasteiger partial charge in [-0.15, -0.1) is 0 Å². The molecule has 0 aliphatic heterocycles. The van der Waals surface area contributed by atoms with E-state index in [1.54, 1.807) is 0 Å². The number of rotatable bonds is 5. The third kappa shape index (κ3) is 4.35. The van der Waals surface area contributed by atoms with Crippen molar-refractivity contribution in [2.24, 2.45) is 0 Å². The minimum Gasteiger partial charge on any atom is -0.350 e. The van der Waals surface area contributed by atoms with Gasteiger partial charge in [0, 0.05) is 11.4 Å². The Kier molecular flexibility index (Phi) is 5.62. The molecule has 2 rings (SSSR count). The molecule has 0 saturated carbocycles. The number of carbonyl (C=O) groups is 1. The summed E-state index contributed by atoms with van der Waals surface area (Å²) in [6, 6.07) is 14.0. The van der Waals surface area contributed by atoms with Crippen molar-refractivity contribution >= 4 is 17.5 Å². The minimum atomic E-state index is 0.0126. The van der Waals surface area contributed by atoms with Crippen LogP contribution in [0.15, 0.2) is 42.5 Å². The van der Waals surface area contributed by atoms with E-state index in [0.717, 1.165) is 10.6 Å². The first kappa shape index (κ1) is 16.6. The minimum absolute atomic E-state index is 0.0126. The number of carbonyl (C=O) groups excluding carboxylic acids is 1. The van der Waals surface area contributed by atoms with Gasteiger partial charge in [0.2, 0.25) is 5.91 Å². The van der Waals surface area contributed by atoms with E-state index in [2.05, 4.69) is 37.4 Å². The van der Waals surface area contributed by atoms with Crippen LogP contribution in [0.5, 0.6) is 0 Å². The summed E-state index contributed by atoms with van der Waals surface area (Å²) in [5.74, 6) is 0.0494. The molecule has 0 unspecified atom stereocenters. The van der Waals surface area contributed by atoms with Gasteiger partial charge in [-0.2, -0.15) is 0 Å². The molecule has 0 aliphatic carbocycles. The maximum atomic E-state index is 12.2. The van der Waals surface area contributed by atoms with Crippen molar-refractivity contribution in [3.8, 4) is 0 Å². The zero-order valence-corrected chi connectivity index (χ0v) is 14.1. The molecule has 22 heavy (non-hydrogen) atoms. The maximum absolute atomic E-state index is 12.2. The van der Waals surface area contributed by atoms with E-state index in [9.17, 15) is 4.79 Å². The monoisotopic (exact) mass is 315 g/mol. The van der Waals surface area contributed by atoms with Crippen molar-refractivity contribution < 1.29 is 4.79 Å². The highest BCUT2D eigenvalue weighted by molar-refractivity contribution is 6.31. The lowest BCUT2D eigenvalue weighted by Gasteiger charge is -2.17. The average Bonchev–Trinajstić information content (AvgIpc) is 2.48. The van der Waals surface area contributed by atoms with E-state index in [4.69, 9.17) is 11.6 Å². The van der Waals surface area contributed by atoms with Crippen molar-refractivity contribution in [3.05, 3.63) is 69.7 Å². The first-order valence-electron chi connectivity index (χ1n) is 7.57. The predicted molar refractivity (Wildman–Crippen MR) is 92.2 cm³/mol. The standard InChI is InChI=1S/C19H22ClNO/c1-13-8-9-14(2)17(12-13)15(3)21-19(22)11-10-16-6-4-5-7-18(16)20/h4-9,12,15H,10-11H2,1-3H3,(H,21,22)/t15-/m0/s1. The summed E-state index contributed by atoms with van der Waals surface area (Å²) in [5, 5.41) is 3.79. The van der Waals surface area contributed by atoms with Crippen LogP contribution in [0.4, 0.5) is 0 Å². The lowest BCUT2D eigenvalue weighted by Crippen LogP contribution is -2.27. The van der Waals surface area contributed by atoms with Gasteiger partial charge in [0.05, 0.1) is 6.04 Å². The molecule has 1 atom stereocenters. The lowest BCUT2D eigenvalue weighted by atomic mass is 10.00. The molecule has 0 aromatic heterocycles. The SMILES string of the molecule is Cc1ccc(C)c([C@H](C)NC(=O)CCc2ccccc2Cl)c1. The fraction of sp³-hybridized carbons (Fsp3) is 0.316. The molecular weight excluding hydrogens is 294 g/mol. The molecule has 0 bridgehead atoms. The molecule has 2 aromatic carbocycles. The Bertz CT molecular complexity index is 666. The third-order valence-electron chi connectivity index (χ3n) is 3.86. The summed E-state index contributed by atoms with van der Waals surface area (Å²) in [4.78, 5) is 12.2. The highest BCUT2D eigenvalue weighted by atomic mass is 35.5. The van der Waals surface area contributed by atoms with Gasteiger partial charge in [-0.05, 0) is 49.9 Å². The van der Waals surface area contributed by atoms with E-state index in [1.165, 1.54) is 16.7 Å². The quantitative estimate of drug-likeness (QED) is 0.846. The Morgan fingerprint density at radius 1 is 1.18 bits per heavy atom. The third-order valence-corrected chi connectivity index (χ3v) is 4.23. The number of hydrogen-bond acceptors (Lipinski definition) is 1. The summed E-state index contributed by atoms with van der Waals surface area (Å²) < 4.78 is 0. The average molecular weight is 316 g/mol. The van der Waals surface area contributed by atoms with Gasteiger partial charge in [0.15, 0.2) is 0 Å². The highest BCUT2D eigenvalue weighted by Crippen LogP contribution is 2.20. The molecule has 1 N–H and O–H groups in total. The maximum Gasteiger partial charge on any atom is 0.220 e. The fourth-order valence-electron chi connectivity index (χ4n) is 2.57. The molecule has 0 heterocycles. The smallest absolute Gasteiger partial charge is 0.220 e.